The molecule has 0 amide bonds. The second kappa shape index (κ2) is 70.9. The zero-order chi connectivity index (χ0) is 59.2. The van der Waals surface area contributed by atoms with E-state index in [1.807, 2.05) is 0 Å². The number of hydrogen-bond donors (Lipinski definition) is 0. The fraction of sp³-hybridized carbons (Fsp3) is 0.855. The highest BCUT2D eigenvalue weighted by Gasteiger charge is 2.19. The van der Waals surface area contributed by atoms with Gasteiger partial charge in [-0.25, -0.2) is 0 Å². The van der Waals surface area contributed by atoms with Crippen molar-refractivity contribution in [2.45, 2.75) is 406 Å². The van der Waals surface area contributed by atoms with E-state index in [0.29, 0.717) is 19.3 Å². The summed E-state index contributed by atoms with van der Waals surface area (Å²) in [5.41, 5.74) is 0. The van der Waals surface area contributed by atoms with E-state index in [1.54, 1.807) is 0 Å². The Morgan fingerprint density at radius 2 is 0.439 bits per heavy atom. The van der Waals surface area contributed by atoms with Gasteiger partial charge in [0.1, 0.15) is 13.2 Å². The molecule has 0 aromatic carbocycles. The minimum absolute atomic E-state index is 0.0775. The van der Waals surface area contributed by atoms with Gasteiger partial charge in [-0.1, -0.05) is 326 Å². The van der Waals surface area contributed by atoms with Crippen LogP contribution in [0.5, 0.6) is 0 Å². The molecule has 0 saturated heterocycles. The minimum atomic E-state index is -0.783. The number of ether oxygens (including phenoxy) is 3. The van der Waals surface area contributed by atoms with Gasteiger partial charge >= 0.3 is 17.9 Å². The molecule has 0 aliphatic carbocycles. The lowest BCUT2D eigenvalue weighted by atomic mass is 10.0. The molecular formula is C76H140O6. The zero-order valence-electron chi connectivity index (χ0n) is 55.3. The molecule has 0 fully saturated rings. The SMILES string of the molecule is CCCCC/C=C\C/C=C\CCCCCCCC(=O)OC(COC(=O)CCCCCCC/C=C\CCCCCCC)COC(=O)CCCCCCCCCCCCCCCCCCCCCCCCC/C=C\CCCCCCCCCC. The second-order valence-corrected chi connectivity index (χ2v) is 24.8. The fourth-order valence-corrected chi connectivity index (χ4v) is 11.0. The van der Waals surface area contributed by atoms with Crippen LogP contribution in [-0.4, -0.2) is 37.2 Å². The highest BCUT2D eigenvalue weighted by atomic mass is 16.6. The monoisotopic (exact) mass is 1150 g/mol. The summed E-state index contributed by atoms with van der Waals surface area (Å²) in [5, 5.41) is 0. The molecule has 82 heavy (non-hydrogen) atoms. The number of unbranched alkanes of at least 4 members (excludes halogenated alkanes) is 49. The van der Waals surface area contributed by atoms with Gasteiger partial charge < -0.3 is 14.2 Å². The summed E-state index contributed by atoms with van der Waals surface area (Å²) in [6, 6.07) is 0. The Labute approximate surface area is 511 Å². The summed E-state index contributed by atoms with van der Waals surface area (Å²) in [6.07, 6.45) is 90.3. The van der Waals surface area contributed by atoms with Gasteiger partial charge in [-0.3, -0.25) is 14.4 Å². The molecule has 0 aromatic heterocycles. The number of rotatable bonds is 68. The van der Waals surface area contributed by atoms with Crippen LogP contribution in [0.1, 0.15) is 400 Å². The molecule has 0 N–H and O–H groups in total. The summed E-state index contributed by atoms with van der Waals surface area (Å²) in [7, 11) is 0. The Hall–Kier alpha value is -2.63. The van der Waals surface area contributed by atoms with Crippen LogP contribution in [0.15, 0.2) is 48.6 Å². The Balaban J connectivity index is 4.07. The average Bonchev–Trinajstić information content (AvgIpc) is 3.47. The molecule has 0 saturated carbocycles. The lowest BCUT2D eigenvalue weighted by molar-refractivity contribution is -0.167. The maximum Gasteiger partial charge on any atom is 0.306 e. The Bertz CT molecular complexity index is 1410. The van der Waals surface area contributed by atoms with Crippen molar-refractivity contribution in [3.63, 3.8) is 0 Å². The van der Waals surface area contributed by atoms with Crippen LogP contribution >= 0.6 is 0 Å². The van der Waals surface area contributed by atoms with E-state index >= 15 is 0 Å². The third kappa shape index (κ3) is 68.2. The van der Waals surface area contributed by atoms with Gasteiger partial charge in [0.15, 0.2) is 6.10 Å². The number of carbonyl (C=O) groups excluding carboxylic acids is 3. The van der Waals surface area contributed by atoms with Crippen molar-refractivity contribution in [1.29, 1.82) is 0 Å². The minimum Gasteiger partial charge on any atom is -0.462 e. The number of esters is 3. The molecule has 0 aromatic rings. The predicted octanol–water partition coefficient (Wildman–Crippen LogP) is 25.3. The summed E-state index contributed by atoms with van der Waals surface area (Å²) >= 11 is 0. The van der Waals surface area contributed by atoms with E-state index in [1.165, 1.54) is 270 Å². The van der Waals surface area contributed by atoms with Gasteiger partial charge in [0.25, 0.3) is 0 Å². The van der Waals surface area contributed by atoms with Crippen molar-refractivity contribution in [1.82, 2.24) is 0 Å². The zero-order valence-corrected chi connectivity index (χ0v) is 55.3. The van der Waals surface area contributed by atoms with E-state index in [4.69, 9.17) is 14.2 Å². The third-order valence-electron chi connectivity index (χ3n) is 16.5. The first kappa shape index (κ1) is 79.4. The molecule has 1 atom stereocenters. The van der Waals surface area contributed by atoms with Crippen molar-refractivity contribution in [2.75, 3.05) is 13.2 Å². The van der Waals surface area contributed by atoms with E-state index in [0.717, 1.165) is 89.9 Å². The van der Waals surface area contributed by atoms with E-state index < -0.39 is 6.10 Å². The first-order chi connectivity index (χ1) is 40.5. The van der Waals surface area contributed by atoms with E-state index in [9.17, 15) is 14.4 Å². The van der Waals surface area contributed by atoms with Crippen molar-refractivity contribution >= 4 is 17.9 Å². The highest BCUT2D eigenvalue weighted by molar-refractivity contribution is 5.71. The fourth-order valence-electron chi connectivity index (χ4n) is 11.0. The predicted molar refractivity (Wildman–Crippen MR) is 358 cm³/mol. The Morgan fingerprint density at radius 1 is 0.244 bits per heavy atom. The van der Waals surface area contributed by atoms with Crippen LogP contribution in [0.4, 0.5) is 0 Å². The number of hydrogen-bond acceptors (Lipinski definition) is 6. The van der Waals surface area contributed by atoms with Crippen LogP contribution in [-0.2, 0) is 28.6 Å². The summed E-state index contributed by atoms with van der Waals surface area (Å²) < 4.78 is 16.9. The Morgan fingerprint density at radius 3 is 0.707 bits per heavy atom. The third-order valence-corrected chi connectivity index (χ3v) is 16.5. The maximum absolute atomic E-state index is 12.9. The van der Waals surface area contributed by atoms with Crippen LogP contribution < -0.4 is 0 Å². The number of allylic oxidation sites excluding steroid dienone is 8. The van der Waals surface area contributed by atoms with Gasteiger partial charge in [0.2, 0.25) is 0 Å². The lowest BCUT2D eigenvalue weighted by Gasteiger charge is -2.18. The maximum atomic E-state index is 12.9. The molecule has 0 heterocycles. The lowest BCUT2D eigenvalue weighted by Crippen LogP contribution is -2.30. The van der Waals surface area contributed by atoms with Crippen LogP contribution in [0.3, 0.4) is 0 Å². The molecule has 6 nitrogen and oxygen atoms in total. The Kier molecular flexibility index (Phi) is 68.6. The summed E-state index contributed by atoms with van der Waals surface area (Å²) in [6.45, 7) is 6.64. The molecule has 6 heteroatoms. The molecule has 0 radical (unpaired) electrons. The highest BCUT2D eigenvalue weighted by Crippen LogP contribution is 2.18. The van der Waals surface area contributed by atoms with Crippen molar-refractivity contribution < 1.29 is 28.6 Å². The van der Waals surface area contributed by atoms with Gasteiger partial charge in [-0.15, -0.1) is 0 Å². The first-order valence-corrected chi connectivity index (χ1v) is 36.6. The van der Waals surface area contributed by atoms with E-state index in [-0.39, 0.29) is 31.1 Å². The van der Waals surface area contributed by atoms with Gasteiger partial charge in [0.05, 0.1) is 0 Å². The van der Waals surface area contributed by atoms with Gasteiger partial charge in [0, 0.05) is 19.3 Å². The molecule has 480 valence electrons. The first-order valence-electron chi connectivity index (χ1n) is 36.6. The average molecular weight is 1150 g/mol. The topological polar surface area (TPSA) is 78.9 Å². The van der Waals surface area contributed by atoms with Crippen LogP contribution in [0.2, 0.25) is 0 Å². The van der Waals surface area contributed by atoms with E-state index in [2.05, 4.69) is 69.4 Å². The molecule has 0 bridgehead atoms. The normalized spacial score (nSPS) is 12.3. The van der Waals surface area contributed by atoms with Crippen molar-refractivity contribution in [3.05, 3.63) is 48.6 Å². The second-order valence-electron chi connectivity index (χ2n) is 24.8. The van der Waals surface area contributed by atoms with Crippen LogP contribution in [0.25, 0.3) is 0 Å². The quantitative estimate of drug-likeness (QED) is 0.0261. The standard InChI is InChI=1S/C76H140O6/c1-4-7-10-13-16-19-22-25-28-29-30-31-32-33-34-35-36-37-38-39-40-41-42-43-44-45-46-47-49-51-54-57-60-63-66-69-75(78)81-72-73(71-80-74(77)68-65-62-59-56-53-50-27-24-21-18-15-12-9-6-3)82-76(79)70-67-64-61-58-55-52-48-26-23-20-17-14-11-8-5-2/h17,20,24,26-27,29-30,48,73H,4-16,18-19,21-23,25,28,31-47,49-72H2,1-3H3/b20-17-,27-24-,30-29-,48-26-. The smallest absolute Gasteiger partial charge is 0.306 e. The molecular weight excluding hydrogens is 1010 g/mol. The number of carbonyl (C=O) groups is 3. The summed E-state index contributed by atoms with van der Waals surface area (Å²) in [4.78, 5) is 38.4. The summed E-state index contributed by atoms with van der Waals surface area (Å²) in [5.74, 6) is -0.877. The van der Waals surface area contributed by atoms with Crippen molar-refractivity contribution in [2.24, 2.45) is 0 Å². The van der Waals surface area contributed by atoms with Gasteiger partial charge in [-0.2, -0.15) is 0 Å². The van der Waals surface area contributed by atoms with Gasteiger partial charge in [-0.05, 0) is 103 Å². The molecule has 0 rings (SSSR count). The van der Waals surface area contributed by atoms with Crippen LogP contribution in [0, 0.1) is 0 Å². The van der Waals surface area contributed by atoms with Crippen molar-refractivity contribution in [3.8, 4) is 0 Å². The largest absolute Gasteiger partial charge is 0.462 e. The molecule has 0 aliphatic rings. The molecule has 1 unspecified atom stereocenters. The molecule has 0 aliphatic heterocycles. The molecule has 0 spiro atoms.